The Kier molecular flexibility index (Phi) is 6.89. The number of aryl methyl sites for hydroxylation is 2. The summed E-state index contributed by atoms with van der Waals surface area (Å²) in [6, 6.07) is 7.35. The van der Waals surface area contributed by atoms with Crippen LogP contribution >= 0.6 is 0 Å². The van der Waals surface area contributed by atoms with Crippen LogP contribution < -0.4 is 10.9 Å². The Morgan fingerprint density at radius 1 is 1.28 bits per heavy atom. The Labute approximate surface area is 169 Å². The van der Waals surface area contributed by atoms with Gasteiger partial charge in [0.05, 0.1) is 5.56 Å². The topological polar surface area (TPSA) is 103 Å². The average Bonchev–Trinajstić information content (AvgIpc) is 3.19. The minimum absolute atomic E-state index is 0.0467. The molecular formula is C21H25N5O3. The Balaban J connectivity index is 1.54. The van der Waals surface area contributed by atoms with Gasteiger partial charge in [-0.15, -0.1) is 0 Å². The number of rotatable bonds is 9. The number of nitrogens with zero attached hydrogens (tertiary/aromatic N) is 4. The first-order chi connectivity index (χ1) is 14.1. The minimum Gasteiger partial charge on any atom is -0.352 e. The smallest absolute Gasteiger partial charge is 0.261 e. The third-order valence-corrected chi connectivity index (χ3v) is 4.56. The molecular weight excluding hydrogens is 370 g/mol. The van der Waals surface area contributed by atoms with Crippen LogP contribution in [0.15, 0.2) is 46.0 Å². The van der Waals surface area contributed by atoms with Gasteiger partial charge in [0.25, 0.3) is 5.56 Å². The van der Waals surface area contributed by atoms with Crippen molar-refractivity contribution in [3.05, 3.63) is 64.2 Å². The zero-order valence-corrected chi connectivity index (χ0v) is 16.7. The van der Waals surface area contributed by atoms with Gasteiger partial charge >= 0.3 is 0 Å². The van der Waals surface area contributed by atoms with E-state index in [9.17, 15) is 9.59 Å². The molecule has 0 saturated heterocycles. The molecule has 3 rings (SSSR count). The maximum atomic E-state index is 12.7. The summed E-state index contributed by atoms with van der Waals surface area (Å²) in [5.41, 5.74) is 2.16. The summed E-state index contributed by atoms with van der Waals surface area (Å²) in [5, 5.41) is 6.80. The van der Waals surface area contributed by atoms with Crippen LogP contribution in [-0.4, -0.2) is 25.6 Å². The molecule has 0 aliphatic rings. The fourth-order valence-electron chi connectivity index (χ4n) is 3.00. The Bertz CT molecular complexity index is 1010. The van der Waals surface area contributed by atoms with Crippen molar-refractivity contribution in [2.75, 3.05) is 0 Å². The fourth-order valence-corrected chi connectivity index (χ4v) is 3.00. The molecule has 0 unspecified atom stereocenters. The SMILES string of the molecule is CCCn1c(C)ccc(-c2noc(CCCC(=O)NCc3cccnc3)n2)c1=O. The third-order valence-electron chi connectivity index (χ3n) is 4.56. The molecule has 0 spiro atoms. The molecule has 8 nitrogen and oxygen atoms in total. The van der Waals surface area contributed by atoms with Crippen LogP contribution in [-0.2, 0) is 24.3 Å². The summed E-state index contributed by atoms with van der Waals surface area (Å²) >= 11 is 0. The normalized spacial score (nSPS) is 10.8. The Morgan fingerprint density at radius 2 is 2.14 bits per heavy atom. The lowest BCUT2D eigenvalue weighted by Crippen LogP contribution is -2.23. The average molecular weight is 395 g/mol. The maximum Gasteiger partial charge on any atom is 0.261 e. The lowest BCUT2D eigenvalue weighted by molar-refractivity contribution is -0.121. The second kappa shape index (κ2) is 9.77. The predicted molar refractivity (Wildman–Crippen MR) is 108 cm³/mol. The van der Waals surface area contributed by atoms with Gasteiger partial charge < -0.3 is 14.4 Å². The number of nitrogens with one attached hydrogen (secondary N) is 1. The summed E-state index contributed by atoms with van der Waals surface area (Å²) in [4.78, 5) is 33.0. The van der Waals surface area contributed by atoms with E-state index in [4.69, 9.17) is 4.52 Å². The van der Waals surface area contributed by atoms with E-state index < -0.39 is 0 Å². The molecule has 3 aromatic heterocycles. The fraction of sp³-hybridized carbons (Fsp3) is 0.381. The van der Waals surface area contributed by atoms with Crippen LogP contribution in [0.5, 0.6) is 0 Å². The minimum atomic E-state index is -0.117. The van der Waals surface area contributed by atoms with E-state index in [1.807, 2.05) is 32.0 Å². The van der Waals surface area contributed by atoms with Crippen molar-refractivity contribution < 1.29 is 9.32 Å². The van der Waals surface area contributed by atoms with Crippen LogP contribution in [0.1, 0.15) is 43.3 Å². The van der Waals surface area contributed by atoms with Gasteiger partial charge in [-0.2, -0.15) is 4.98 Å². The molecule has 29 heavy (non-hydrogen) atoms. The number of carbonyl (C=O) groups is 1. The highest BCUT2D eigenvalue weighted by molar-refractivity contribution is 5.75. The van der Waals surface area contributed by atoms with E-state index in [-0.39, 0.29) is 17.3 Å². The maximum absolute atomic E-state index is 12.7. The van der Waals surface area contributed by atoms with E-state index in [0.29, 0.717) is 43.8 Å². The lowest BCUT2D eigenvalue weighted by Gasteiger charge is -2.09. The highest BCUT2D eigenvalue weighted by Gasteiger charge is 2.14. The first-order valence-corrected chi connectivity index (χ1v) is 9.77. The van der Waals surface area contributed by atoms with Crippen molar-refractivity contribution in [1.82, 2.24) is 25.0 Å². The van der Waals surface area contributed by atoms with Crippen LogP contribution in [0.3, 0.4) is 0 Å². The van der Waals surface area contributed by atoms with Gasteiger partial charge in [0, 0.05) is 44.0 Å². The van der Waals surface area contributed by atoms with Gasteiger partial charge in [0.2, 0.25) is 17.6 Å². The number of carbonyl (C=O) groups excluding carboxylic acids is 1. The monoisotopic (exact) mass is 395 g/mol. The molecule has 152 valence electrons. The molecule has 3 aromatic rings. The number of amides is 1. The zero-order valence-electron chi connectivity index (χ0n) is 16.7. The number of hydrogen-bond acceptors (Lipinski definition) is 6. The summed E-state index contributed by atoms with van der Waals surface area (Å²) in [6.07, 6.45) is 5.69. The molecule has 0 atom stereocenters. The summed E-state index contributed by atoms with van der Waals surface area (Å²) in [5.74, 6) is 0.660. The van der Waals surface area contributed by atoms with E-state index >= 15 is 0 Å². The molecule has 1 amide bonds. The van der Waals surface area contributed by atoms with Crippen LogP contribution in [0, 0.1) is 6.92 Å². The van der Waals surface area contributed by atoms with E-state index in [2.05, 4.69) is 20.4 Å². The van der Waals surface area contributed by atoms with Crippen molar-refractivity contribution in [2.24, 2.45) is 0 Å². The summed E-state index contributed by atoms with van der Waals surface area (Å²) in [6.45, 7) is 5.03. The standard InChI is InChI=1S/C21H25N5O3/c1-3-12-26-15(2)9-10-17(21(26)28)20-24-19(29-25-20)8-4-7-18(27)23-14-16-6-5-11-22-13-16/h5-6,9-11,13H,3-4,7-8,12,14H2,1-2H3,(H,23,27). The second-order valence-electron chi connectivity index (χ2n) is 6.85. The largest absolute Gasteiger partial charge is 0.352 e. The highest BCUT2D eigenvalue weighted by Crippen LogP contribution is 2.14. The van der Waals surface area contributed by atoms with Crippen molar-refractivity contribution in [2.45, 2.75) is 52.6 Å². The first kappa shape index (κ1) is 20.4. The second-order valence-corrected chi connectivity index (χ2v) is 6.85. The van der Waals surface area contributed by atoms with Gasteiger partial charge in [0.1, 0.15) is 0 Å². The molecule has 0 saturated carbocycles. The highest BCUT2D eigenvalue weighted by atomic mass is 16.5. The lowest BCUT2D eigenvalue weighted by atomic mass is 10.2. The van der Waals surface area contributed by atoms with E-state index in [1.54, 1.807) is 23.0 Å². The molecule has 3 heterocycles. The molecule has 0 fully saturated rings. The number of aromatic nitrogens is 4. The molecule has 0 bridgehead atoms. The van der Waals surface area contributed by atoms with Crippen molar-refractivity contribution in [3.63, 3.8) is 0 Å². The third kappa shape index (κ3) is 5.37. The van der Waals surface area contributed by atoms with Crippen LogP contribution in [0.4, 0.5) is 0 Å². The van der Waals surface area contributed by atoms with Crippen molar-refractivity contribution in [3.8, 4) is 11.4 Å². The number of hydrogen-bond donors (Lipinski definition) is 1. The zero-order chi connectivity index (χ0) is 20.6. The first-order valence-electron chi connectivity index (χ1n) is 9.77. The Hall–Kier alpha value is -3.29. The quantitative estimate of drug-likeness (QED) is 0.597. The van der Waals surface area contributed by atoms with Gasteiger partial charge in [-0.1, -0.05) is 18.1 Å². The van der Waals surface area contributed by atoms with Gasteiger partial charge in [-0.3, -0.25) is 14.6 Å². The molecule has 0 radical (unpaired) electrons. The molecule has 8 heteroatoms. The molecule has 0 aliphatic heterocycles. The predicted octanol–water partition coefficient (Wildman–Crippen LogP) is 2.65. The van der Waals surface area contributed by atoms with E-state index in [1.165, 1.54) is 0 Å². The number of pyridine rings is 2. The van der Waals surface area contributed by atoms with Crippen LogP contribution in [0.25, 0.3) is 11.4 Å². The molecule has 1 N–H and O–H groups in total. The van der Waals surface area contributed by atoms with Crippen molar-refractivity contribution in [1.29, 1.82) is 0 Å². The summed E-state index contributed by atoms with van der Waals surface area (Å²) in [7, 11) is 0. The van der Waals surface area contributed by atoms with Crippen LogP contribution in [0.2, 0.25) is 0 Å². The molecule has 0 aliphatic carbocycles. The van der Waals surface area contributed by atoms with E-state index in [0.717, 1.165) is 17.7 Å². The van der Waals surface area contributed by atoms with Crippen molar-refractivity contribution >= 4 is 5.91 Å². The van der Waals surface area contributed by atoms with Gasteiger partial charge in [-0.25, -0.2) is 0 Å². The Morgan fingerprint density at radius 3 is 2.90 bits per heavy atom. The summed E-state index contributed by atoms with van der Waals surface area (Å²) < 4.78 is 6.99. The molecule has 0 aromatic carbocycles. The van der Waals surface area contributed by atoms with Gasteiger partial charge in [-0.05, 0) is 43.5 Å². The van der Waals surface area contributed by atoms with Gasteiger partial charge in [0.15, 0.2) is 0 Å².